The number of hydrogen-bond acceptors (Lipinski definition) is 4. The van der Waals surface area contributed by atoms with E-state index in [4.69, 9.17) is 16.6 Å². The number of nitrogen functional groups attached to an aromatic ring is 2. The minimum Gasteiger partial charge on any atom is -0.481 e. The van der Waals surface area contributed by atoms with Crippen molar-refractivity contribution < 1.29 is 19.8 Å². The van der Waals surface area contributed by atoms with Gasteiger partial charge in [0.1, 0.15) is 0 Å². The van der Waals surface area contributed by atoms with E-state index >= 15 is 0 Å². The van der Waals surface area contributed by atoms with Crippen molar-refractivity contribution in [3.05, 3.63) is 59.7 Å². The summed E-state index contributed by atoms with van der Waals surface area (Å²) in [4.78, 5) is 23.2. The highest BCUT2D eigenvalue weighted by molar-refractivity contribution is 5.75. The molecule has 0 saturated carbocycles. The zero-order valence-electron chi connectivity index (χ0n) is 15.9. The molecule has 150 valence electrons. The Morgan fingerprint density at radius 1 is 0.750 bits per heavy atom. The SMILES string of the molecule is Nc1ccc(CCC(CCCC(=O)O)(CCc2ccc(N)cc2)C(=O)O)cc1. The molecule has 0 aliphatic heterocycles. The minimum absolute atomic E-state index is 0.0290. The number of hydrogen-bond donors (Lipinski definition) is 4. The first kappa shape index (κ1) is 21.3. The second-order valence-corrected chi connectivity index (χ2v) is 7.32. The number of carboxylic acid groups (broad SMARTS) is 2. The van der Waals surface area contributed by atoms with Gasteiger partial charge in [-0.3, -0.25) is 9.59 Å². The summed E-state index contributed by atoms with van der Waals surface area (Å²) >= 11 is 0. The Morgan fingerprint density at radius 3 is 1.54 bits per heavy atom. The fourth-order valence-electron chi connectivity index (χ4n) is 3.41. The Bertz CT molecular complexity index is 736. The molecule has 28 heavy (non-hydrogen) atoms. The molecule has 2 rings (SSSR count). The molecule has 0 fully saturated rings. The van der Waals surface area contributed by atoms with Crippen LogP contribution in [0.4, 0.5) is 11.4 Å². The molecule has 0 radical (unpaired) electrons. The lowest BCUT2D eigenvalue weighted by Crippen LogP contribution is -2.32. The summed E-state index contributed by atoms with van der Waals surface area (Å²) in [5.74, 6) is -1.78. The van der Waals surface area contributed by atoms with E-state index in [0.717, 1.165) is 11.1 Å². The van der Waals surface area contributed by atoms with Crippen molar-refractivity contribution in [2.24, 2.45) is 5.41 Å². The predicted molar refractivity (Wildman–Crippen MR) is 110 cm³/mol. The van der Waals surface area contributed by atoms with Gasteiger partial charge in [0.2, 0.25) is 0 Å². The van der Waals surface area contributed by atoms with Crippen LogP contribution >= 0.6 is 0 Å². The van der Waals surface area contributed by atoms with Crippen LogP contribution in [-0.4, -0.2) is 22.2 Å². The number of carboxylic acids is 2. The molecule has 6 N–H and O–H groups in total. The van der Waals surface area contributed by atoms with Crippen molar-refractivity contribution in [1.29, 1.82) is 0 Å². The van der Waals surface area contributed by atoms with E-state index in [1.165, 1.54) is 0 Å². The van der Waals surface area contributed by atoms with Crippen molar-refractivity contribution in [2.45, 2.75) is 44.9 Å². The molecule has 0 amide bonds. The smallest absolute Gasteiger partial charge is 0.309 e. The van der Waals surface area contributed by atoms with Gasteiger partial charge in [0.05, 0.1) is 5.41 Å². The van der Waals surface area contributed by atoms with Crippen molar-refractivity contribution in [3.63, 3.8) is 0 Å². The minimum atomic E-state index is -0.974. The average molecular weight is 384 g/mol. The highest BCUT2D eigenvalue weighted by atomic mass is 16.4. The maximum absolute atomic E-state index is 12.3. The number of nitrogens with two attached hydrogens (primary N) is 2. The van der Waals surface area contributed by atoms with Crippen molar-refractivity contribution in [3.8, 4) is 0 Å². The zero-order valence-corrected chi connectivity index (χ0v) is 15.9. The predicted octanol–water partition coefficient (Wildman–Crippen LogP) is 3.74. The number of aliphatic carboxylic acids is 2. The molecule has 0 saturated heterocycles. The Morgan fingerprint density at radius 2 is 1.18 bits per heavy atom. The van der Waals surface area contributed by atoms with Crippen LogP contribution in [-0.2, 0) is 22.4 Å². The maximum atomic E-state index is 12.3. The molecular weight excluding hydrogens is 356 g/mol. The molecule has 0 unspecified atom stereocenters. The van der Waals surface area contributed by atoms with Gasteiger partial charge in [-0.05, 0) is 73.9 Å². The van der Waals surface area contributed by atoms with Gasteiger partial charge in [0.25, 0.3) is 0 Å². The monoisotopic (exact) mass is 384 g/mol. The van der Waals surface area contributed by atoms with Crippen LogP contribution in [0.1, 0.15) is 43.2 Å². The molecule has 0 heterocycles. The molecule has 0 aliphatic rings. The number of anilines is 2. The summed E-state index contributed by atoms with van der Waals surface area (Å²) in [6.07, 6.45) is 2.73. The molecule has 0 aliphatic carbocycles. The summed E-state index contributed by atoms with van der Waals surface area (Å²) in [6, 6.07) is 14.8. The Hall–Kier alpha value is -3.02. The van der Waals surface area contributed by atoms with Crippen LogP contribution in [0, 0.1) is 5.41 Å². The van der Waals surface area contributed by atoms with Crippen LogP contribution < -0.4 is 11.5 Å². The van der Waals surface area contributed by atoms with E-state index < -0.39 is 17.4 Å². The molecule has 0 atom stereocenters. The summed E-state index contributed by atoms with van der Waals surface area (Å²) in [5.41, 5.74) is 13.8. The van der Waals surface area contributed by atoms with Crippen molar-refractivity contribution in [1.82, 2.24) is 0 Å². The normalized spacial score (nSPS) is 11.3. The highest BCUT2D eigenvalue weighted by Gasteiger charge is 2.37. The van der Waals surface area contributed by atoms with Gasteiger partial charge in [-0.15, -0.1) is 0 Å². The third-order valence-corrected chi connectivity index (χ3v) is 5.24. The quantitative estimate of drug-likeness (QED) is 0.437. The van der Waals surface area contributed by atoms with Crippen LogP contribution in [0.25, 0.3) is 0 Å². The van der Waals surface area contributed by atoms with Crippen molar-refractivity contribution >= 4 is 23.3 Å². The summed E-state index contributed by atoms with van der Waals surface area (Å²) in [6.45, 7) is 0. The first-order valence-electron chi connectivity index (χ1n) is 9.45. The second kappa shape index (κ2) is 9.78. The molecule has 0 bridgehead atoms. The average Bonchev–Trinajstić information content (AvgIpc) is 2.65. The van der Waals surface area contributed by atoms with E-state index in [9.17, 15) is 14.7 Å². The van der Waals surface area contributed by atoms with E-state index in [2.05, 4.69) is 0 Å². The molecular formula is C22H28N2O4. The van der Waals surface area contributed by atoms with Gasteiger partial charge in [-0.25, -0.2) is 0 Å². The van der Waals surface area contributed by atoms with Gasteiger partial charge in [-0.2, -0.15) is 0 Å². The third-order valence-electron chi connectivity index (χ3n) is 5.24. The van der Waals surface area contributed by atoms with Gasteiger partial charge < -0.3 is 21.7 Å². The Balaban J connectivity index is 2.14. The van der Waals surface area contributed by atoms with E-state index in [0.29, 0.717) is 49.9 Å². The molecule has 6 nitrogen and oxygen atoms in total. The topological polar surface area (TPSA) is 127 Å². The van der Waals surface area contributed by atoms with Gasteiger partial charge in [-0.1, -0.05) is 24.3 Å². The molecule has 2 aromatic carbocycles. The van der Waals surface area contributed by atoms with E-state index in [-0.39, 0.29) is 6.42 Å². The summed E-state index contributed by atoms with van der Waals surface area (Å²) in [7, 11) is 0. The largest absolute Gasteiger partial charge is 0.481 e. The Labute approximate surface area is 165 Å². The lowest BCUT2D eigenvalue weighted by Gasteiger charge is -2.30. The number of carbonyl (C=O) groups is 2. The van der Waals surface area contributed by atoms with Crippen LogP contribution in [0.2, 0.25) is 0 Å². The molecule has 0 aromatic heterocycles. The van der Waals surface area contributed by atoms with E-state index in [1.54, 1.807) is 24.3 Å². The maximum Gasteiger partial charge on any atom is 0.309 e. The van der Waals surface area contributed by atoms with Crippen LogP contribution in [0.15, 0.2) is 48.5 Å². The summed E-state index contributed by atoms with van der Waals surface area (Å²) < 4.78 is 0. The van der Waals surface area contributed by atoms with Gasteiger partial charge in [0.15, 0.2) is 0 Å². The van der Waals surface area contributed by atoms with Gasteiger partial charge in [0, 0.05) is 17.8 Å². The lowest BCUT2D eigenvalue weighted by atomic mass is 9.73. The molecule has 2 aromatic rings. The standard InChI is InChI=1S/C22H28N2O4/c23-18-7-3-16(4-8-18)11-14-22(21(27)28,13-1-2-20(25)26)15-12-17-5-9-19(24)10-6-17/h3-10H,1-2,11-15,23-24H2,(H,25,26)(H,27,28). The fraction of sp³-hybridized carbons (Fsp3) is 0.364. The first-order chi connectivity index (χ1) is 13.3. The molecule has 6 heteroatoms. The lowest BCUT2D eigenvalue weighted by molar-refractivity contribution is -0.151. The number of rotatable bonds is 11. The van der Waals surface area contributed by atoms with Crippen molar-refractivity contribution in [2.75, 3.05) is 11.5 Å². The summed E-state index contributed by atoms with van der Waals surface area (Å²) in [5, 5.41) is 19.0. The first-order valence-corrected chi connectivity index (χ1v) is 9.45. The number of benzene rings is 2. The van der Waals surface area contributed by atoms with Crippen LogP contribution in [0.5, 0.6) is 0 Å². The van der Waals surface area contributed by atoms with Crippen LogP contribution in [0.3, 0.4) is 0 Å². The van der Waals surface area contributed by atoms with Gasteiger partial charge >= 0.3 is 11.9 Å². The second-order valence-electron chi connectivity index (χ2n) is 7.32. The fourth-order valence-corrected chi connectivity index (χ4v) is 3.41. The third kappa shape index (κ3) is 6.30. The van der Waals surface area contributed by atoms with E-state index in [1.807, 2.05) is 24.3 Å². The Kier molecular flexibility index (Phi) is 7.44. The highest BCUT2D eigenvalue weighted by Crippen LogP contribution is 2.36. The number of aryl methyl sites for hydroxylation is 2. The zero-order chi connectivity index (χ0) is 20.6. The molecule has 0 spiro atoms.